The Morgan fingerprint density at radius 1 is 1.06 bits per heavy atom. The van der Waals surface area contributed by atoms with Gasteiger partial charge in [-0.3, -0.25) is 4.72 Å². The summed E-state index contributed by atoms with van der Waals surface area (Å²) in [7, 11) is -3.31. The van der Waals surface area contributed by atoms with E-state index in [1.54, 1.807) is 12.1 Å². The molecule has 0 saturated carbocycles. The van der Waals surface area contributed by atoms with E-state index in [1.165, 1.54) is 21.9 Å². The maximum absolute atomic E-state index is 11.5. The van der Waals surface area contributed by atoms with Crippen LogP contribution in [-0.2, 0) is 22.0 Å². The van der Waals surface area contributed by atoms with Gasteiger partial charge in [0.1, 0.15) is 5.54 Å². The molecule has 3 aromatic rings. The summed E-state index contributed by atoms with van der Waals surface area (Å²) in [5, 5.41) is 11.7. The maximum Gasteiger partial charge on any atom is 0.229 e. The number of hydrogen-bond donors (Lipinski definition) is 1. The van der Waals surface area contributed by atoms with E-state index in [1.807, 2.05) is 19.1 Å². The van der Waals surface area contributed by atoms with Crippen molar-refractivity contribution in [2.75, 3.05) is 11.0 Å². The Balaban J connectivity index is 1.56. The zero-order valence-corrected chi connectivity index (χ0v) is 18.3. The highest BCUT2D eigenvalue weighted by Crippen LogP contribution is 2.41. The van der Waals surface area contributed by atoms with Crippen LogP contribution in [0.2, 0.25) is 0 Å². The van der Waals surface area contributed by atoms with Crippen molar-refractivity contribution >= 4 is 38.3 Å². The van der Waals surface area contributed by atoms with Crippen LogP contribution in [0, 0.1) is 0 Å². The topological polar surface area (TPSA) is 70.9 Å². The Hall–Kier alpha value is -3.25. The molecule has 5 nitrogen and oxygen atoms in total. The lowest BCUT2D eigenvalue weighted by Crippen LogP contribution is -2.14. The van der Waals surface area contributed by atoms with Gasteiger partial charge in [0.15, 0.2) is 0 Å². The maximum atomic E-state index is 11.5. The van der Waals surface area contributed by atoms with Crippen LogP contribution < -0.4 is 4.72 Å². The summed E-state index contributed by atoms with van der Waals surface area (Å²) < 4.78 is 25.4. The molecule has 31 heavy (non-hydrogen) atoms. The summed E-state index contributed by atoms with van der Waals surface area (Å²) in [5.41, 5.74) is 5.46. The van der Waals surface area contributed by atoms with Gasteiger partial charge in [-0.25, -0.2) is 8.42 Å². The normalized spacial score (nSPS) is 20.0. The van der Waals surface area contributed by atoms with Crippen molar-refractivity contribution in [1.82, 2.24) is 0 Å². The van der Waals surface area contributed by atoms with Gasteiger partial charge in [-0.2, -0.15) is 10.2 Å². The lowest BCUT2D eigenvalue weighted by Gasteiger charge is -2.19. The Bertz CT molecular complexity index is 1390. The van der Waals surface area contributed by atoms with Gasteiger partial charge in [0.2, 0.25) is 10.0 Å². The number of fused-ring (bicyclic) bond motifs is 3. The predicted octanol–water partition coefficient (Wildman–Crippen LogP) is 5.89. The third-order valence-corrected chi connectivity index (χ3v) is 6.48. The fraction of sp³-hybridized carbons (Fsp3) is 0.200. The van der Waals surface area contributed by atoms with Gasteiger partial charge in [0.05, 0.1) is 12.0 Å². The first-order valence-electron chi connectivity index (χ1n) is 10.3. The molecule has 3 aromatic carbocycles. The molecule has 0 radical (unpaired) electrons. The van der Waals surface area contributed by atoms with E-state index in [9.17, 15) is 8.42 Å². The monoisotopic (exact) mass is 429 g/mol. The van der Waals surface area contributed by atoms with Crippen LogP contribution in [0.1, 0.15) is 35.6 Å². The zero-order valence-electron chi connectivity index (χ0n) is 17.5. The van der Waals surface area contributed by atoms with E-state index in [-0.39, 0.29) is 0 Å². The average Bonchev–Trinajstić information content (AvgIpc) is 3.15. The van der Waals surface area contributed by atoms with Crippen LogP contribution in [0.4, 0.5) is 5.69 Å². The Kier molecular flexibility index (Phi) is 4.55. The summed E-state index contributed by atoms with van der Waals surface area (Å²) >= 11 is 0. The largest absolute Gasteiger partial charge is 0.284 e. The van der Waals surface area contributed by atoms with E-state index in [4.69, 9.17) is 0 Å². The molecule has 1 atom stereocenters. The third kappa shape index (κ3) is 3.68. The van der Waals surface area contributed by atoms with Crippen LogP contribution in [0.5, 0.6) is 0 Å². The summed E-state index contributed by atoms with van der Waals surface area (Å²) in [6.07, 6.45) is 9.74. The Morgan fingerprint density at radius 2 is 1.84 bits per heavy atom. The molecular weight excluding hydrogens is 406 g/mol. The lowest BCUT2D eigenvalue weighted by molar-refractivity contribution is 0.607. The van der Waals surface area contributed by atoms with Crippen LogP contribution in [0.3, 0.4) is 0 Å². The second-order valence-corrected chi connectivity index (χ2v) is 10.1. The first-order valence-corrected chi connectivity index (χ1v) is 12.2. The van der Waals surface area contributed by atoms with Crippen molar-refractivity contribution in [3.05, 3.63) is 89.0 Å². The fourth-order valence-corrected chi connectivity index (χ4v) is 4.95. The molecule has 0 spiro atoms. The van der Waals surface area contributed by atoms with Crippen LogP contribution >= 0.6 is 0 Å². The van der Waals surface area contributed by atoms with Gasteiger partial charge in [0.25, 0.3) is 0 Å². The standard InChI is InChI=1S/C25H23N3O2S/c1-25(18-11-13-19(14-12-18)27-31(2,29)30)16-24(26-28-25)23-15-17-7-3-4-8-20(17)21-9-5-6-10-22(21)23/h3-4,6-8,10-16,27H,5,9H2,1-2H3. The number of nitrogens with one attached hydrogen (secondary N) is 1. The molecule has 1 unspecified atom stereocenters. The minimum absolute atomic E-state index is 0.530. The molecular formula is C25H23N3O2S. The highest BCUT2D eigenvalue weighted by atomic mass is 32.2. The van der Waals surface area contributed by atoms with Gasteiger partial charge < -0.3 is 0 Å². The van der Waals surface area contributed by atoms with Crippen molar-refractivity contribution < 1.29 is 8.42 Å². The van der Waals surface area contributed by atoms with Gasteiger partial charge in [-0.1, -0.05) is 48.6 Å². The number of sulfonamides is 1. The molecule has 156 valence electrons. The number of anilines is 1. The molecule has 1 heterocycles. The second kappa shape index (κ2) is 7.17. The molecule has 0 amide bonds. The van der Waals surface area contributed by atoms with Gasteiger partial charge >= 0.3 is 0 Å². The Labute approximate surface area is 182 Å². The smallest absolute Gasteiger partial charge is 0.229 e. The highest BCUT2D eigenvalue weighted by molar-refractivity contribution is 7.92. The summed E-state index contributed by atoms with van der Waals surface area (Å²) in [5.74, 6) is 0. The molecule has 2 aliphatic rings. The average molecular weight is 430 g/mol. The molecule has 0 fully saturated rings. The number of hydrogen-bond acceptors (Lipinski definition) is 4. The van der Waals surface area contributed by atoms with Gasteiger partial charge in [0, 0.05) is 11.3 Å². The number of benzene rings is 3. The SMILES string of the molecule is CC1(c2ccc(NS(C)(=O)=O)cc2)C=C(c2cc3ccccc3c3c2C=CCC3)N=N1. The molecule has 6 heteroatoms. The zero-order chi connectivity index (χ0) is 21.6. The summed E-state index contributed by atoms with van der Waals surface area (Å²) in [4.78, 5) is 0. The van der Waals surface area contributed by atoms with Crippen molar-refractivity contribution in [2.45, 2.75) is 25.3 Å². The second-order valence-electron chi connectivity index (χ2n) is 8.31. The van der Waals surface area contributed by atoms with E-state index in [0.717, 1.165) is 35.9 Å². The molecule has 0 saturated heterocycles. The first-order chi connectivity index (χ1) is 14.8. The summed E-state index contributed by atoms with van der Waals surface area (Å²) in [6.45, 7) is 2.02. The quantitative estimate of drug-likeness (QED) is 0.561. The number of rotatable bonds is 4. The van der Waals surface area contributed by atoms with Crippen LogP contribution in [0.25, 0.3) is 22.5 Å². The number of allylic oxidation sites excluding steroid dienone is 1. The van der Waals surface area contributed by atoms with Crippen molar-refractivity contribution in [3.63, 3.8) is 0 Å². The van der Waals surface area contributed by atoms with E-state index >= 15 is 0 Å². The molecule has 0 bridgehead atoms. The molecule has 1 aliphatic carbocycles. The van der Waals surface area contributed by atoms with Crippen molar-refractivity contribution in [3.8, 4) is 0 Å². The van der Waals surface area contributed by atoms with E-state index in [0.29, 0.717) is 5.69 Å². The minimum Gasteiger partial charge on any atom is -0.284 e. The molecule has 1 aliphatic heterocycles. The lowest BCUT2D eigenvalue weighted by atomic mass is 9.86. The summed E-state index contributed by atoms with van der Waals surface area (Å²) in [6, 6.07) is 18.0. The predicted molar refractivity (Wildman–Crippen MR) is 126 cm³/mol. The van der Waals surface area contributed by atoms with Gasteiger partial charge in [-0.05, 0) is 71.5 Å². The van der Waals surface area contributed by atoms with Gasteiger partial charge in [-0.15, -0.1) is 0 Å². The molecule has 1 N–H and O–H groups in total. The minimum atomic E-state index is -3.31. The van der Waals surface area contributed by atoms with Crippen LogP contribution in [-0.4, -0.2) is 14.7 Å². The third-order valence-electron chi connectivity index (χ3n) is 5.88. The number of nitrogens with zero attached hydrogens (tertiary/aromatic N) is 2. The number of azo groups is 1. The first kappa shape index (κ1) is 19.7. The van der Waals surface area contributed by atoms with Crippen molar-refractivity contribution in [1.29, 1.82) is 0 Å². The molecule has 0 aromatic heterocycles. The Morgan fingerprint density at radius 3 is 2.61 bits per heavy atom. The van der Waals surface area contributed by atoms with Crippen LogP contribution in [0.15, 0.2) is 77.0 Å². The molecule has 5 rings (SSSR count). The van der Waals surface area contributed by atoms with E-state index in [2.05, 4.69) is 63.5 Å². The number of aryl methyl sites for hydroxylation is 1. The fourth-order valence-electron chi connectivity index (χ4n) is 4.38. The van der Waals surface area contributed by atoms with E-state index < -0.39 is 15.6 Å². The van der Waals surface area contributed by atoms with Crippen molar-refractivity contribution in [2.24, 2.45) is 10.2 Å². The highest BCUT2D eigenvalue weighted by Gasteiger charge is 2.30.